The summed E-state index contributed by atoms with van der Waals surface area (Å²) in [5.41, 5.74) is 1.89. The minimum atomic E-state index is -0.719. The van der Waals surface area contributed by atoms with E-state index in [9.17, 15) is 9.59 Å². The van der Waals surface area contributed by atoms with Crippen LogP contribution in [0.5, 0.6) is 0 Å². The number of carbonyl (C=O) groups is 2. The van der Waals surface area contributed by atoms with Crippen molar-refractivity contribution in [3.05, 3.63) is 72.1 Å². The van der Waals surface area contributed by atoms with Gasteiger partial charge in [0.05, 0.1) is 6.17 Å². The maximum atomic E-state index is 13.1. The molecule has 2 saturated heterocycles. The molecule has 2 fully saturated rings. The topological polar surface area (TPSA) is 71.1 Å². The second kappa shape index (κ2) is 8.07. The number of allylic oxidation sites excluding steroid dienone is 1. The molecule has 3 heterocycles. The van der Waals surface area contributed by atoms with Crippen molar-refractivity contribution in [2.45, 2.75) is 25.4 Å². The molecule has 28 heavy (non-hydrogen) atoms. The van der Waals surface area contributed by atoms with Gasteiger partial charge >= 0.3 is 0 Å². The van der Waals surface area contributed by atoms with E-state index >= 15 is 0 Å². The van der Waals surface area contributed by atoms with Crippen molar-refractivity contribution in [3.8, 4) is 0 Å². The van der Waals surface area contributed by atoms with Crippen LogP contribution >= 0.6 is 0 Å². The number of fused-ring (bicyclic) bond motifs is 1. The molecule has 5 unspecified atom stereocenters. The van der Waals surface area contributed by atoms with Crippen LogP contribution in [0, 0.1) is 17.8 Å². The maximum absolute atomic E-state index is 13.1. The number of amides is 1. The normalized spacial score (nSPS) is 29.9. The van der Waals surface area contributed by atoms with Crippen LogP contribution in [0.4, 0.5) is 0 Å². The third-order valence-corrected chi connectivity index (χ3v) is 5.80. The molecule has 2 aliphatic heterocycles. The zero-order valence-electron chi connectivity index (χ0n) is 15.9. The molecule has 144 valence electrons. The molecule has 2 aromatic rings. The molecule has 1 aromatic heterocycles. The van der Waals surface area contributed by atoms with E-state index in [0.717, 1.165) is 24.1 Å². The molecule has 2 aliphatic rings. The first-order chi connectivity index (χ1) is 13.6. The van der Waals surface area contributed by atoms with Crippen molar-refractivity contribution in [1.82, 2.24) is 15.6 Å². The predicted molar refractivity (Wildman–Crippen MR) is 108 cm³/mol. The van der Waals surface area contributed by atoms with Crippen molar-refractivity contribution in [2.75, 3.05) is 6.54 Å². The van der Waals surface area contributed by atoms with Crippen molar-refractivity contribution >= 4 is 17.8 Å². The van der Waals surface area contributed by atoms with Crippen molar-refractivity contribution in [2.24, 2.45) is 17.8 Å². The molecular weight excluding hydrogens is 350 g/mol. The van der Waals surface area contributed by atoms with E-state index < -0.39 is 5.92 Å². The van der Waals surface area contributed by atoms with Crippen LogP contribution in [0.15, 0.2) is 60.9 Å². The SMILES string of the molecule is CC1CNC2NC(=O)C(C(=O)/C=C/c3cccnc3)C(c3ccccc3)C2C1. The van der Waals surface area contributed by atoms with Gasteiger partial charge in [0, 0.05) is 24.2 Å². The molecule has 0 aliphatic carbocycles. The summed E-state index contributed by atoms with van der Waals surface area (Å²) in [4.78, 5) is 30.1. The van der Waals surface area contributed by atoms with Gasteiger partial charge in [-0.15, -0.1) is 0 Å². The first-order valence-electron chi connectivity index (χ1n) is 9.84. The molecule has 1 aromatic carbocycles. The molecule has 0 saturated carbocycles. The summed E-state index contributed by atoms with van der Waals surface area (Å²) in [6.07, 6.45) is 7.54. The summed E-state index contributed by atoms with van der Waals surface area (Å²) in [6.45, 7) is 3.09. The first-order valence-corrected chi connectivity index (χ1v) is 9.84. The van der Waals surface area contributed by atoms with E-state index in [1.807, 2.05) is 42.5 Å². The van der Waals surface area contributed by atoms with Crippen LogP contribution in [0.25, 0.3) is 6.08 Å². The van der Waals surface area contributed by atoms with Crippen LogP contribution in [-0.2, 0) is 9.59 Å². The fourth-order valence-corrected chi connectivity index (χ4v) is 4.51. The highest BCUT2D eigenvalue weighted by atomic mass is 16.2. The summed E-state index contributed by atoms with van der Waals surface area (Å²) in [5, 5.41) is 6.50. The highest BCUT2D eigenvalue weighted by molar-refractivity contribution is 6.09. The Labute approximate surface area is 165 Å². The standard InChI is InChI=1S/C23H25N3O2/c1-15-12-18-20(17-7-3-2-4-8-17)21(23(28)26-22(18)25-13-15)19(27)10-9-16-6-5-11-24-14-16/h2-11,14-15,18,20-22,25H,12-13H2,1H3,(H,26,28)/b10-9+. The smallest absolute Gasteiger partial charge is 0.232 e. The number of aromatic nitrogens is 1. The van der Waals surface area contributed by atoms with Crippen LogP contribution in [0.1, 0.15) is 30.4 Å². The summed E-state index contributed by atoms with van der Waals surface area (Å²) in [6, 6.07) is 13.7. The van der Waals surface area contributed by atoms with Gasteiger partial charge in [-0.05, 0) is 48.2 Å². The summed E-state index contributed by atoms with van der Waals surface area (Å²) < 4.78 is 0. The minimum absolute atomic E-state index is 0.0831. The zero-order chi connectivity index (χ0) is 19.5. The van der Waals surface area contributed by atoms with Gasteiger partial charge in [-0.1, -0.05) is 43.3 Å². The number of ketones is 1. The van der Waals surface area contributed by atoms with E-state index in [1.54, 1.807) is 18.5 Å². The van der Waals surface area contributed by atoms with Crippen LogP contribution < -0.4 is 10.6 Å². The Hall–Kier alpha value is -2.79. The summed E-state index contributed by atoms with van der Waals surface area (Å²) in [5.74, 6) is -0.525. The summed E-state index contributed by atoms with van der Waals surface area (Å²) >= 11 is 0. The lowest BCUT2D eigenvalue weighted by Gasteiger charge is -2.47. The molecule has 0 spiro atoms. The number of hydrogen-bond acceptors (Lipinski definition) is 4. The quantitative estimate of drug-likeness (QED) is 0.637. The van der Waals surface area contributed by atoms with Gasteiger partial charge in [0.2, 0.25) is 5.91 Å². The molecule has 0 bridgehead atoms. The number of hydrogen-bond donors (Lipinski definition) is 2. The molecule has 4 rings (SSSR count). The molecular formula is C23H25N3O2. The Morgan fingerprint density at radius 2 is 2.00 bits per heavy atom. The largest absolute Gasteiger partial charge is 0.340 e. The van der Waals surface area contributed by atoms with Gasteiger partial charge in [0.25, 0.3) is 0 Å². The average Bonchev–Trinajstić information content (AvgIpc) is 2.73. The van der Waals surface area contributed by atoms with E-state index in [-0.39, 0.29) is 29.7 Å². The maximum Gasteiger partial charge on any atom is 0.232 e. The fraction of sp³-hybridized carbons (Fsp3) is 0.348. The Kier molecular flexibility index (Phi) is 5.35. The highest BCUT2D eigenvalue weighted by Gasteiger charge is 2.48. The minimum Gasteiger partial charge on any atom is -0.340 e. The van der Waals surface area contributed by atoms with Gasteiger partial charge in [-0.25, -0.2) is 0 Å². The Balaban J connectivity index is 1.67. The third-order valence-electron chi connectivity index (χ3n) is 5.80. The van der Waals surface area contributed by atoms with Crippen LogP contribution in [0.2, 0.25) is 0 Å². The second-order valence-electron chi connectivity index (χ2n) is 7.84. The average molecular weight is 375 g/mol. The zero-order valence-corrected chi connectivity index (χ0v) is 15.9. The van der Waals surface area contributed by atoms with E-state index in [0.29, 0.717) is 5.92 Å². The number of carbonyl (C=O) groups excluding carboxylic acids is 2. The second-order valence-corrected chi connectivity index (χ2v) is 7.84. The van der Waals surface area contributed by atoms with Crippen molar-refractivity contribution in [1.29, 1.82) is 0 Å². The summed E-state index contributed by atoms with van der Waals surface area (Å²) in [7, 11) is 0. The number of nitrogens with zero attached hydrogens (tertiary/aromatic N) is 1. The van der Waals surface area contributed by atoms with Crippen LogP contribution in [0.3, 0.4) is 0 Å². The van der Waals surface area contributed by atoms with Gasteiger partial charge in [-0.3, -0.25) is 19.9 Å². The van der Waals surface area contributed by atoms with E-state index in [1.165, 1.54) is 6.08 Å². The number of nitrogens with one attached hydrogen (secondary N) is 2. The molecule has 2 N–H and O–H groups in total. The monoisotopic (exact) mass is 375 g/mol. The lowest BCUT2D eigenvalue weighted by molar-refractivity contribution is -0.138. The van der Waals surface area contributed by atoms with Crippen molar-refractivity contribution < 1.29 is 9.59 Å². The number of benzene rings is 1. The molecule has 1 amide bonds. The fourth-order valence-electron chi connectivity index (χ4n) is 4.51. The number of rotatable bonds is 4. The van der Waals surface area contributed by atoms with Gasteiger partial charge in [0.1, 0.15) is 5.92 Å². The Morgan fingerprint density at radius 1 is 1.18 bits per heavy atom. The lowest BCUT2D eigenvalue weighted by atomic mass is 9.67. The number of piperidine rings is 2. The third kappa shape index (κ3) is 3.76. The van der Waals surface area contributed by atoms with E-state index in [4.69, 9.17) is 0 Å². The van der Waals surface area contributed by atoms with Crippen molar-refractivity contribution in [3.63, 3.8) is 0 Å². The molecule has 5 nitrogen and oxygen atoms in total. The Bertz CT molecular complexity index is 866. The molecule has 0 radical (unpaired) electrons. The van der Waals surface area contributed by atoms with Gasteiger partial charge < -0.3 is 5.32 Å². The molecule has 5 atom stereocenters. The Morgan fingerprint density at radius 3 is 2.75 bits per heavy atom. The predicted octanol–water partition coefficient (Wildman–Crippen LogP) is 2.77. The van der Waals surface area contributed by atoms with Gasteiger partial charge in [0.15, 0.2) is 5.78 Å². The van der Waals surface area contributed by atoms with Gasteiger partial charge in [-0.2, -0.15) is 0 Å². The molecule has 5 heteroatoms. The first kappa shape index (κ1) is 18.6. The number of pyridine rings is 1. The van der Waals surface area contributed by atoms with E-state index in [2.05, 4.69) is 22.5 Å². The highest BCUT2D eigenvalue weighted by Crippen LogP contribution is 2.42. The van der Waals surface area contributed by atoms with Crippen LogP contribution in [-0.4, -0.2) is 29.4 Å². The lowest BCUT2D eigenvalue weighted by Crippen LogP contribution is -2.63.